The molecule has 2 amide bonds. The summed E-state index contributed by atoms with van der Waals surface area (Å²) >= 11 is 0. The van der Waals surface area contributed by atoms with Crippen molar-refractivity contribution in [2.75, 3.05) is 36.4 Å². The van der Waals surface area contributed by atoms with Crippen LogP contribution >= 0.6 is 0 Å². The quantitative estimate of drug-likeness (QED) is 0.693. The zero-order chi connectivity index (χ0) is 24.2. The minimum Gasteiger partial charge on any atom is -0.481 e. The van der Waals surface area contributed by atoms with Crippen molar-refractivity contribution in [3.63, 3.8) is 0 Å². The zero-order valence-corrected chi connectivity index (χ0v) is 18.7. The van der Waals surface area contributed by atoms with Gasteiger partial charge in [-0.1, -0.05) is 31.0 Å². The molecule has 180 valence electrons. The van der Waals surface area contributed by atoms with Gasteiger partial charge in [-0.2, -0.15) is 0 Å². The first kappa shape index (κ1) is 23.7. The first-order valence-electron chi connectivity index (χ1n) is 11.5. The van der Waals surface area contributed by atoms with Crippen LogP contribution in [-0.4, -0.2) is 54.0 Å². The third-order valence-corrected chi connectivity index (χ3v) is 6.66. The average Bonchev–Trinajstić information content (AvgIpc) is 2.86. The molecule has 1 aliphatic carbocycles. The number of nitrogens with zero attached hydrogens (tertiary/aromatic N) is 2. The Hall–Kier alpha value is -3.49. The number of carbonyl (C=O) groups is 3. The third-order valence-electron chi connectivity index (χ3n) is 6.66. The van der Waals surface area contributed by atoms with E-state index in [2.05, 4.69) is 10.2 Å². The summed E-state index contributed by atoms with van der Waals surface area (Å²) in [6.45, 7) is 1.90. The second-order valence-electron chi connectivity index (χ2n) is 8.75. The van der Waals surface area contributed by atoms with Crippen LogP contribution in [0.3, 0.4) is 0 Å². The van der Waals surface area contributed by atoms with Crippen molar-refractivity contribution in [2.45, 2.75) is 25.7 Å². The predicted octanol–water partition coefficient (Wildman–Crippen LogP) is 3.76. The largest absolute Gasteiger partial charge is 0.481 e. The van der Waals surface area contributed by atoms with Gasteiger partial charge in [-0.25, -0.2) is 8.78 Å². The molecule has 4 rings (SSSR count). The molecule has 2 atom stereocenters. The van der Waals surface area contributed by atoms with Crippen molar-refractivity contribution in [1.82, 2.24) is 4.90 Å². The molecule has 2 aromatic rings. The maximum Gasteiger partial charge on any atom is 0.307 e. The fraction of sp³-hybridized carbons (Fsp3) is 0.400. The molecule has 0 bridgehead atoms. The van der Waals surface area contributed by atoms with Crippen LogP contribution in [0.1, 0.15) is 36.0 Å². The van der Waals surface area contributed by atoms with Gasteiger partial charge in [0, 0.05) is 37.9 Å². The molecular formula is C25H27F2N3O4. The fourth-order valence-electron chi connectivity index (χ4n) is 4.77. The van der Waals surface area contributed by atoms with E-state index in [0.717, 1.165) is 17.8 Å². The van der Waals surface area contributed by atoms with E-state index in [9.17, 15) is 28.3 Å². The number of hydrogen-bond acceptors (Lipinski definition) is 4. The van der Waals surface area contributed by atoms with Gasteiger partial charge in [0.05, 0.1) is 23.1 Å². The smallest absolute Gasteiger partial charge is 0.307 e. The van der Waals surface area contributed by atoms with Crippen LogP contribution in [0.2, 0.25) is 0 Å². The third kappa shape index (κ3) is 5.03. The molecule has 0 radical (unpaired) electrons. The molecule has 0 spiro atoms. The van der Waals surface area contributed by atoms with Crippen LogP contribution in [0.5, 0.6) is 0 Å². The predicted molar refractivity (Wildman–Crippen MR) is 123 cm³/mol. The van der Waals surface area contributed by atoms with Gasteiger partial charge in [0.2, 0.25) is 5.91 Å². The van der Waals surface area contributed by atoms with Crippen molar-refractivity contribution in [3.8, 4) is 0 Å². The molecule has 7 nitrogen and oxygen atoms in total. The lowest BCUT2D eigenvalue weighted by Gasteiger charge is -2.36. The van der Waals surface area contributed by atoms with Crippen LogP contribution in [0.15, 0.2) is 42.5 Å². The number of carboxylic acid groups (broad SMARTS) is 1. The van der Waals surface area contributed by atoms with Crippen molar-refractivity contribution >= 4 is 29.2 Å². The van der Waals surface area contributed by atoms with Crippen molar-refractivity contribution in [1.29, 1.82) is 0 Å². The van der Waals surface area contributed by atoms with Crippen LogP contribution < -0.4 is 10.2 Å². The van der Waals surface area contributed by atoms with Gasteiger partial charge in [-0.3, -0.25) is 14.4 Å². The highest BCUT2D eigenvalue weighted by Gasteiger charge is 2.36. The minimum absolute atomic E-state index is 0.144. The Labute approximate surface area is 196 Å². The van der Waals surface area contributed by atoms with E-state index in [1.807, 2.05) is 30.3 Å². The van der Waals surface area contributed by atoms with E-state index in [1.165, 1.54) is 0 Å². The molecule has 0 unspecified atom stereocenters. The Morgan fingerprint density at radius 2 is 1.50 bits per heavy atom. The van der Waals surface area contributed by atoms with E-state index in [-0.39, 0.29) is 11.3 Å². The van der Waals surface area contributed by atoms with Gasteiger partial charge in [-0.05, 0) is 31.0 Å². The summed E-state index contributed by atoms with van der Waals surface area (Å²) in [5.41, 5.74) is 0.744. The van der Waals surface area contributed by atoms with Crippen molar-refractivity contribution in [2.24, 2.45) is 11.8 Å². The Kier molecular flexibility index (Phi) is 7.09. The molecular weight excluding hydrogens is 444 g/mol. The van der Waals surface area contributed by atoms with E-state index in [0.29, 0.717) is 51.9 Å². The van der Waals surface area contributed by atoms with E-state index >= 15 is 0 Å². The molecule has 2 fully saturated rings. The number of halogens is 2. The Morgan fingerprint density at radius 1 is 0.882 bits per heavy atom. The Balaban J connectivity index is 1.51. The molecule has 2 aliphatic rings. The summed E-state index contributed by atoms with van der Waals surface area (Å²) in [7, 11) is 0. The van der Waals surface area contributed by atoms with Gasteiger partial charge in [0.25, 0.3) is 5.91 Å². The first-order valence-corrected chi connectivity index (χ1v) is 11.5. The number of benzene rings is 2. The number of piperazine rings is 1. The SMILES string of the molecule is O=C(Nc1cc(F)c(F)cc1C(=O)N1CCN(c2ccccc2)CC1)[C@H]1CCCC[C@H]1C(=O)O. The zero-order valence-electron chi connectivity index (χ0n) is 18.7. The lowest BCUT2D eigenvalue weighted by molar-refractivity contribution is -0.147. The number of anilines is 2. The van der Waals surface area contributed by atoms with Gasteiger partial charge in [0.1, 0.15) is 0 Å². The molecule has 34 heavy (non-hydrogen) atoms. The van der Waals surface area contributed by atoms with E-state index in [4.69, 9.17) is 0 Å². The lowest BCUT2D eigenvalue weighted by atomic mass is 9.78. The summed E-state index contributed by atoms with van der Waals surface area (Å²) in [6, 6.07) is 11.3. The summed E-state index contributed by atoms with van der Waals surface area (Å²) in [5.74, 6) is -6.19. The molecule has 1 saturated carbocycles. The minimum atomic E-state index is -1.20. The van der Waals surface area contributed by atoms with Crippen LogP contribution in [0.25, 0.3) is 0 Å². The standard InChI is InChI=1S/C25H27F2N3O4/c26-20-14-19(24(32)30-12-10-29(11-13-30)16-6-2-1-3-7-16)22(15-21(20)27)28-23(31)17-8-4-5-9-18(17)25(33)34/h1-3,6-7,14-15,17-18H,4-5,8-13H2,(H,28,31)(H,33,34)/t17-,18+/m0/s1. The Morgan fingerprint density at radius 3 is 2.15 bits per heavy atom. The molecule has 1 aliphatic heterocycles. The van der Waals surface area contributed by atoms with Gasteiger partial charge in [0.15, 0.2) is 11.6 Å². The number of hydrogen-bond donors (Lipinski definition) is 2. The van der Waals surface area contributed by atoms with Gasteiger partial charge < -0.3 is 20.2 Å². The fourth-order valence-corrected chi connectivity index (χ4v) is 4.77. The molecule has 2 N–H and O–H groups in total. The molecule has 1 heterocycles. The topological polar surface area (TPSA) is 90.0 Å². The van der Waals surface area contributed by atoms with Crippen LogP contribution in [0, 0.1) is 23.5 Å². The first-order chi connectivity index (χ1) is 16.3. The van der Waals surface area contributed by atoms with E-state index in [1.54, 1.807) is 4.90 Å². The monoisotopic (exact) mass is 471 g/mol. The summed E-state index contributed by atoms with van der Waals surface area (Å²) < 4.78 is 28.1. The average molecular weight is 472 g/mol. The molecule has 9 heteroatoms. The highest BCUT2D eigenvalue weighted by atomic mass is 19.2. The number of amides is 2. The molecule has 0 aromatic heterocycles. The number of carboxylic acids is 1. The summed E-state index contributed by atoms with van der Waals surface area (Å²) in [6.07, 6.45) is 2.18. The highest BCUT2D eigenvalue weighted by Crippen LogP contribution is 2.32. The van der Waals surface area contributed by atoms with E-state index < -0.39 is 41.3 Å². The van der Waals surface area contributed by atoms with Crippen molar-refractivity contribution < 1.29 is 28.3 Å². The second kappa shape index (κ2) is 10.2. The second-order valence-corrected chi connectivity index (χ2v) is 8.75. The molecule has 1 saturated heterocycles. The number of nitrogens with one attached hydrogen (secondary N) is 1. The normalized spacial score (nSPS) is 20.6. The highest BCUT2D eigenvalue weighted by molar-refractivity contribution is 6.05. The number of para-hydroxylation sites is 1. The number of aliphatic carboxylic acids is 1. The summed E-state index contributed by atoms with van der Waals surface area (Å²) in [4.78, 5) is 41.4. The Bertz CT molecular complexity index is 1070. The maximum absolute atomic E-state index is 14.1. The van der Waals surface area contributed by atoms with Crippen LogP contribution in [0.4, 0.5) is 20.2 Å². The van der Waals surface area contributed by atoms with Gasteiger partial charge >= 0.3 is 5.97 Å². The van der Waals surface area contributed by atoms with Gasteiger partial charge in [-0.15, -0.1) is 0 Å². The van der Waals surface area contributed by atoms with Crippen molar-refractivity contribution in [3.05, 3.63) is 59.7 Å². The summed E-state index contributed by atoms with van der Waals surface area (Å²) in [5, 5.41) is 12.0. The molecule has 2 aromatic carbocycles. The van der Waals surface area contributed by atoms with Crippen LogP contribution in [-0.2, 0) is 9.59 Å². The number of rotatable bonds is 5. The lowest BCUT2D eigenvalue weighted by Crippen LogP contribution is -2.49. The number of carbonyl (C=O) groups excluding carboxylic acids is 2. The maximum atomic E-state index is 14.1.